The number of carboxylic acids is 1. The van der Waals surface area contributed by atoms with E-state index in [4.69, 9.17) is 5.26 Å². The normalized spacial score (nSPS) is 13.2. The zero-order valence-electron chi connectivity index (χ0n) is 17.8. The van der Waals surface area contributed by atoms with Gasteiger partial charge in [0.15, 0.2) is 11.5 Å². The van der Waals surface area contributed by atoms with Crippen LogP contribution in [0, 0.1) is 11.3 Å². The summed E-state index contributed by atoms with van der Waals surface area (Å²) in [6.07, 6.45) is 3.27. The second-order valence-corrected chi connectivity index (χ2v) is 7.92. The van der Waals surface area contributed by atoms with Gasteiger partial charge in [-0.3, -0.25) is 9.67 Å². The Morgan fingerprint density at radius 3 is 2.91 bits per heavy atom. The van der Waals surface area contributed by atoms with Gasteiger partial charge in [-0.1, -0.05) is 6.07 Å². The fourth-order valence-electron chi connectivity index (χ4n) is 4.33. The summed E-state index contributed by atoms with van der Waals surface area (Å²) < 4.78 is 29.8. The monoisotopic (exact) mass is 460 g/mol. The highest BCUT2D eigenvalue weighted by atomic mass is 19.3. The van der Waals surface area contributed by atoms with Crippen molar-refractivity contribution in [3.8, 4) is 17.2 Å². The van der Waals surface area contributed by atoms with Crippen molar-refractivity contribution in [2.75, 3.05) is 11.4 Å². The smallest absolute Gasteiger partial charge is 0.354 e. The Kier molecular flexibility index (Phi) is 5.37. The molecule has 0 saturated carbocycles. The van der Waals surface area contributed by atoms with Crippen LogP contribution in [0.4, 0.5) is 20.3 Å². The number of anilines is 2. The maximum Gasteiger partial charge on any atom is 0.354 e. The molecule has 0 unspecified atom stereocenters. The van der Waals surface area contributed by atoms with Gasteiger partial charge in [-0.05, 0) is 48.2 Å². The van der Waals surface area contributed by atoms with Crippen molar-refractivity contribution in [3.05, 3.63) is 65.7 Å². The quantitative estimate of drug-likeness (QED) is 0.458. The summed E-state index contributed by atoms with van der Waals surface area (Å²) in [6, 6.07) is 10.1. The molecule has 1 aliphatic heterocycles. The van der Waals surface area contributed by atoms with Gasteiger partial charge in [0.05, 0.1) is 12.3 Å². The number of aromatic carboxylic acids is 1. The summed E-state index contributed by atoms with van der Waals surface area (Å²) in [7, 11) is 0. The van der Waals surface area contributed by atoms with Crippen molar-refractivity contribution < 1.29 is 18.7 Å². The lowest BCUT2D eigenvalue weighted by Crippen LogP contribution is -2.26. The lowest BCUT2D eigenvalue weighted by molar-refractivity contribution is 0.0690. The van der Waals surface area contributed by atoms with E-state index in [0.717, 1.165) is 12.0 Å². The average molecular weight is 460 g/mol. The van der Waals surface area contributed by atoms with E-state index in [-0.39, 0.29) is 17.8 Å². The van der Waals surface area contributed by atoms with E-state index in [2.05, 4.69) is 15.1 Å². The van der Waals surface area contributed by atoms with Gasteiger partial charge in [-0.15, -0.1) is 0 Å². The number of carbonyl (C=O) groups is 1. The predicted molar refractivity (Wildman–Crippen MR) is 120 cm³/mol. The van der Waals surface area contributed by atoms with Gasteiger partial charge < -0.3 is 10.0 Å². The first kappa shape index (κ1) is 21.5. The van der Waals surface area contributed by atoms with E-state index in [1.165, 1.54) is 23.0 Å². The first-order chi connectivity index (χ1) is 16.5. The van der Waals surface area contributed by atoms with Crippen LogP contribution in [0.2, 0.25) is 0 Å². The van der Waals surface area contributed by atoms with E-state index in [0.29, 0.717) is 46.5 Å². The van der Waals surface area contributed by atoms with Crippen LogP contribution in [0.1, 0.15) is 34.5 Å². The number of aromatic nitrogens is 4. The highest BCUT2D eigenvalue weighted by Gasteiger charge is 2.27. The van der Waals surface area contributed by atoms with Crippen LogP contribution in [0.15, 0.2) is 48.9 Å². The second kappa shape index (κ2) is 8.51. The molecule has 10 heteroatoms. The number of alkyl halides is 2. The maximum atomic E-state index is 14.2. The second-order valence-electron chi connectivity index (χ2n) is 7.92. The number of rotatable bonds is 5. The number of hydrogen-bond donors (Lipinski definition) is 1. The minimum Gasteiger partial charge on any atom is -0.477 e. The Morgan fingerprint density at radius 1 is 1.29 bits per heavy atom. The Hall–Kier alpha value is -4.39. The number of aryl methyl sites for hydroxylation is 1. The molecule has 0 radical (unpaired) electrons. The predicted octanol–water partition coefficient (Wildman–Crippen LogP) is 4.74. The summed E-state index contributed by atoms with van der Waals surface area (Å²) in [6.45, 7) is 0.505. The molecule has 170 valence electrons. The number of pyridine rings is 2. The Labute approximate surface area is 192 Å². The minimum atomic E-state index is -2.75. The van der Waals surface area contributed by atoms with Gasteiger partial charge in [-0.2, -0.15) is 10.4 Å². The molecule has 0 atom stereocenters. The number of hydrogen-bond acceptors (Lipinski definition) is 6. The summed E-state index contributed by atoms with van der Waals surface area (Å²) in [5.74, 6) is -0.853. The summed E-state index contributed by atoms with van der Waals surface area (Å²) in [5, 5.41) is 23.1. The fraction of sp³-hybridized carbons (Fsp3) is 0.208. The highest BCUT2D eigenvalue weighted by Crippen LogP contribution is 2.42. The molecule has 3 aromatic heterocycles. The first-order valence-corrected chi connectivity index (χ1v) is 10.6. The molecular formula is C24H18F2N6O2. The molecular weight excluding hydrogens is 442 g/mol. The average Bonchev–Trinajstić information content (AvgIpc) is 3.30. The van der Waals surface area contributed by atoms with Gasteiger partial charge in [-0.25, -0.2) is 18.6 Å². The van der Waals surface area contributed by atoms with Gasteiger partial charge >= 0.3 is 5.97 Å². The molecule has 5 rings (SSSR count). The van der Waals surface area contributed by atoms with E-state index >= 15 is 0 Å². The van der Waals surface area contributed by atoms with Gasteiger partial charge in [0.25, 0.3) is 6.43 Å². The molecule has 0 spiro atoms. The van der Waals surface area contributed by atoms with E-state index < -0.39 is 12.4 Å². The lowest BCUT2D eigenvalue weighted by atomic mass is 9.93. The number of benzene rings is 1. The summed E-state index contributed by atoms with van der Waals surface area (Å²) >= 11 is 0. The zero-order chi connectivity index (χ0) is 23.8. The summed E-state index contributed by atoms with van der Waals surface area (Å²) in [4.78, 5) is 22.2. The van der Waals surface area contributed by atoms with Crippen LogP contribution in [0.5, 0.6) is 0 Å². The van der Waals surface area contributed by atoms with Crippen LogP contribution >= 0.6 is 0 Å². The van der Waals surface area contributed by atoms with Crippen molar-refractivity contribution in [2.24, 2.45) is 0 Å². The van der Waals surface area contributed by atoms with Crippen molar-refractivity contribution in [2.45, 2.75) is 25.8 Å². The lowest BCUT2D eigenvalue weighted by Gasteiger charge is -2.32. The van der Waals surface area contributed by atoms with E-state index in [9.17, 15) is 18.7 Å². The standard InChI is InChI=1S/C24H18F2N6O2/c25-22(26)18-11-20-14(9-17(18)16-12-29-31(13-16)8-5-27)4-2-7-32(20)23-21-15(3-1-6-28-21)10-19(30-23)24(33)34/h1,3,6,9-13,22H,2,4,7-8H2,(H,33,34). The van der Waals surface area contributed by atoms with Gasteiger partial charge in [0, 0.05) is 41.1 Å². The number of carboxylic acid groups (broad SMARTS) is 1. The molecule has 1 aromatic carbocycles. The zero-order valence-corrected chi connectivity index (χ0v) is 17.8. The molecule has 0 fully saturated rings. The SMILES string of the molecule is N#CCn1cc(-c2cc3c(cc2C(F)F)N(c2nc(C(=O)O)cc4cccnc24)CCC3)cn1. The first-order valence-electron chi connectivity index (χ1n) is 10.6. The number of nitrogens with zero attached hydrogens (tertiary/aromatic N) is 6. The Bertz CT molecular complexity index is 1460. The molecule has 0 bridgehead atoms. The van der Waals surface area contributed by atoms with Crippen LogP contribution in [0.25, 0.3) is 22.0 Å². The Balaban J connectivity index is 1.69. The van der Waals surface area contributed by atoms with Gasteiger partial charge in [0.2, 0.25) is 0 Å². The largest absolute Gasteiger partial charge is 0.477 e. The summed E-state index contributed by atoms with van der Waals surface area (Å²) in [5.41, 5.74) is 2.44. The molecule has 4 heterocycles. The highest BCUT2D eigenvalue weighted by molar-refractivity contribution is 5.97. The fourth-order valence-corrected chi connectivity index (χ4v) is 4.33. The van der Waals surface area contributed by atoms with Crippen molar-refractivity contribution in [3.63, 3.8) is 0 Å². The minimum absolute atomic E-state index is 0.0222. The van der Waals surface area contributed by atoms with Crippen LogP contribution in [0.3, 0.4) is 0 Å². The van der Waals surface area contributed by atoms with Gasteiger partial charge in [0.1, 0.15) is 12.1 Å². The molecule has 0 amide bonds. The van der Waals surface area contributed by atoms with Crippen molar-refractivity contribution in [1.29, 1.82) is 5.26 Å². The molecule has 1 aliphatic rings. The number of nitriles is 1. The van der Waals surface area contributed by atoms with Crippen LogP contribution in [-0.2, 0) is 13.0 Å². The number of halogens is 2. The van der Waals surface area contributed by atoms with Crippen LogP contribution < -0.4 is 4.90 Å². The molecule has 0 aliphatic carbocycles. The van der Waals surface area contributed by atoms with Crippen LogP contribution in [-0.4, -0.2) is 37.4 Å². The van der Waals surface area contributed by atoms with Crippen molar-refractivity contribution >= 4 is 28.4 Å². The third-order valence-corrected chi connectivity index (χ3v) is 5.83. The maximum absolute atomic E-state index is 14.2. The molecule has 34 heavy (non-hydrogen) atoms. The molecule has 4 aromatic rings. The topological polar surface area (TPSA) is 108 Å². The number of fused-ring (bicyclic) bond motifs is 2. The Morgan fingerprint density at radius 2 is 2.15 bits per heavy atom. The third kappa shape index (κ3) is 3.71. The third-order valence-electron chi connectivity index (χ3n) is 5.83. The molecule has 0 saturated heterocycles. The van der Waals surface area contributed by atoms with E-state index in [1.54, 1.807) is 35.5 Å². The molecule has 8 nitrogen and oxygen atoms in total. The van der Waals surface area contributed by atoms with E-state index in [1.807, 2.05) is 6.07 Å². The van der Waals surface area contributed by atoms with Crippen molar-refractivity contribution in [1.82, 2.24) is 19.7 Å². The molecule has 1 N–H and O–H groups in total.